The minimum Gasteiger partial charge on any atom is -0.481 e. The van der Waals surface area contributed by atoms with Crippen LogP contribution in [0.3, 0.4) is 0 Å². The summed E-state index contributed by atoms with van der Waals surface area (Å²) in [6.07, 6.45) is 2.42. The number of hydrogen-bond acceptors (Lipinski definition) is 5. The van der Waals surface area contributed by atoms with Gasteiger partial charge in [-0.2, -0.15) is 0 Å². The van der Waals surface area contributed by atoms with E-state index in [1.165, 1.54) is 12.8 Å². The largest absolute Gasteiger partial charge is 0.481 e. The fourth-order valence-corrected chi connectivity index (χ4v) is 3.80. The van der Waals surface area contributed by atoms with Gasteiger partial charge in [-0.15, -0.1) is 0 Å². The molecule has 0 aliphatic carbocycles. The van der Waals surface area contributed by atoms with E-state index in [9.17, 15) is 9.59 Å². The first-order chi connectivity index (χ1) is 12.6. The Labute approximate surface area is 152 Å². The van der Waals surface area contributed by atoms with Gasteiger partial charge < -0.3 is 25.0 Å². The number of carbonyl (C=O) groups is 2. The van der Waals surface area contributed by atoms with Crippen molar-refractivity contribution in [1.82, 2.24) is 10.2 Å². The number of rotatable bonds is 3. The number of urea groups is 1. The van der Waals surface area contributed by atoms with Crippen LogP contribution in [0.5, 0.6) is 5.75 Å². The Hall–Kier alpha value is -2.32. The topological polar surface area (TPSA) is 83.1 Å². The number of carbonyl (C=O) groups excluding carboxylic acids is 2. The smallest absolute Gasteiger partial charge is 0.319 e. The van der Waals surface area contributed by atoms with Crippen molar-refractivity contribution in [2.45, 2.75) is 24.9 Å². The molecular weight excluding hydrogens is 336 g/mol. The Kier molecular flexibility index (Phi) is 4.69. The molecule has 3 heterocycles. The van der Waals surface area contributed by atoms with Crippen LogP contribution in [0.4, 0.5) is 16.2 Å². The van der Waals surface area contributed by atoms with Gasteiger partial charge in [-0.25, -0.2) is 4.79 Å². The molecule has 2 N–H and O–H groups in total. The van der Waals surface area contributed by atoms with Gasteiger partial charge in [0.1, 0.15) is 5.75 Å². The standard InChI is InChI=1S/C18H24N4O4/c1-21-14-5-4-12(8-16(14)26-11-17(21)23)19-18(24)20-13-9-25-10-15(13)22-6-2-3-7-22/h4-5,8,13,15H,2-3,6-7,9-11H2,1H3,(H2,19,20,24)/t13-,15-/m0/s1. The lowest BCUT2D eigenvalue weighted by Gasteiger charge is -2.28. The highest BCUT2D eigenvalue weighted by atomic mass is 16.5. The fourth-order valence-electron chi connectivity index (χ4n) is 3.80. The average Bonchev–Trinajstić information content (AvgIpc) is 3.29. The van der Waals surface area contributed by atoms with Crippen LogP contribution in [0.15, 0.2) is 18.2 Å². The molecule has 8 heteroatoms. The molecule has 3 aliphatic heterocycles. The van der Waals surface area contributed by atoms with Crippen molar-refractivity contribution < 1.29 is 19.1 Å². The number of hydrogen-bond donors (Lipinski definition) is 2. The van der Waals surface area contributed by atoms with E-state index >= 15 is 0 Å². The van der Waals surface area contributed by atoms with Gasteiger partial charge in [0.25, 0.3) is 5.91 Å². The Bertz CT molecular complexity index is 704. The van der Waals surface area contributed by atoms with Crippen molar-refractivity contribution in [2.24, 2.45) is 0 Å². The van der Waals surface area contributed by atoms with E-state index in [1.54, 1.807) is 30.1 Å². The van der Waals surface area contributed by atoms with Gasteiger partial charge in [0, 0.05) is 18.8 Å². The first-order valence-corrected chi connectivity index (χ1v) is 9.04. The Morgan fingerprint density at radius 2 is 2.04 bits per heavy atom. The maximum Gasteiger partial charge on any atom is 0.319 e. The zero-order chi connectivity index (χ0) is 18.1. The molecule has 4 rings (SSSR count). The number of nitrogens with one attached hydrogen (secondary N) is 2. The summed E-state index contributed by atoms with van der Waals surface area (Å²) in [5.41, 5.74) is 1.33. The number of anilines is 2. The van der Waals surface area contributed by atoms with Crippen molar-refractivity contribution in [3.63, 3.8) is 0 Å². The quantitative estimate of drug-likeness (QED) is 0.841. The van der Waals surface area contributed by atoms with Gasteiger partial charge in [-0.05, 0) is 38.1 Å². The molecular formula is C18H24N4O4. The number of amides is 3. The monoisotopic (exact) mass is 360 g/mol. The molecule has 8 nitrogen and oxygen atoms in total. The molecule has 26 heavy (non-hydrogen) atoms. The highest BCUT2D eigenvalue weighted by Crippen LogP contribution is 2.33. The van der Waals surface area contributed by atoms with E-state index in [2.05, 4.69) is 15.5 Å². The van der Waals surface area contributed by atoms with Crippen LogP contribution in [-0.4, -0.2) is 68.9 Å². The summed E-state index contributed by atoms with van der Waals surface area (Å²) in [5.74, 6) is 0.495. The van der Waals surface area contributed by atoms with Crippen LogP contribution in [-0.2, 0) is 9.53 Å². The van der Waals surface area contributed by atoms with Crippen molar-refractivity contribution in [3.05, 3.63) is 18.2 Å². The van der Waals surface area contributed by atoms with Crippen LogP contribution < -0.4 is 20.3 Å². The van der Waals surface area contributed by atoms with Crippen molar-refractivity contribution in [2.75, 3.05) is 50.2 Å². The number of nitrogens with zero attached hydrogens (tertiary/aromatic N) is 2. The molecule has 0 spiro atoms. The molecule has 0 radical (unpaired) electrons. The third-order valence-electron chi connectivity index (χ3n) is 5.28. The van der Waals surface area contributed by atoms with Gasteiger partial charge in [0.2, 0.25) is 0 Å². The van der Waals surface area contributed by atoms with Crippen molar-refractivity contribution in [3.8, 4) is 5.75 Å². The molecule has 0 aromatic heterocycles. The molecule has 0 bridgehead atoms. The number of likely N-dealkylation sites (N-methyl/N-ethyl adjacent to an activating group) is 1. The Morgan fingerprint density at radius 3 is 2.85 bits per heavy atom. The fraction of sp³-hybridized carbons (Fsp3) is 0.556. The minimum atomic E-state index is -0.259. The summed E-state index contributed by atoms with van der Waals surface area (Å²) >= 11 is 0. The van der Waals surface area contributed by atoms with Crippen LogP contribution in [0.1, 0.15) is 12.8 Å². The highest BCUT2D eigenvalue weighted by molar-refractivity contribution is 5.98. The van der Waals surface area contributed by atoms with Crippen LogP contribution in [0.2, 0.25) is 0 Å². The summed E-state index contributed by atoms with van der Waals surface area (Å²) in [5, 5.41) is 5.88. The Morgan fingerprint density at radius 1 is 1.23 bits per heavy atom. The second kappa shape index (κ2) is 7.13. The average molecular weight is 360 g/mol. The number of likely N-dealkylation sites (tertiary alicyclic amines) is 1. The zero-order valence-corrected chi connectivity index (χ0v) is 14.9. The van der Waals surface area contributed by atoms with Gasteiger partial charge in [-0.3, -0.25) is 9.69 Å². The van der Waals surface area contributed by atoms with Gasteiger partial charge in [-0.1, -0.05) is 0 Å². The van der Waals surface area contributed by atoms with E-state index in [0.29, 0.717) is 30.3 Å². The van der Waals surface area contributed by atoms with E-state index < -0.39 is 0 Å². The first-order valence-electron chi connectivity index (χ1n) is 9.04. The van der Waals surface area contributed by atoms with Crippen LogP contribution >= 0.6 is 0 Å². The third kappa shape index (κ3) is 3.34. The number of fused-ring (bicyclic) bond motifs is 1. The maximum absolute atomic E-state index is 12.4. The molecule has 1 aromatic carbocycles. The summed E-state index contributed by atoms with van der Waals surface area (Å²) in [6, 6.07) is 5.25. The highest BCUT2D eigenvalue weighted by Gasteiger charge is 2.35. The molecule has 3 aliphatic rings. The SMILES string of the molecule is CN1C(=O)COc2cc(NC(=O)N[C@H]3COC[C@@H]3N3CCCC3)ccc21. The predicted molar refractivity (Wildman–Crippen MR) is 96.7 cm³/mol. The van der Waals surface area contributed by atoms with Crippen LogP contribution in [0.25, 0.3) is 0 Å². The Balaban J connectivity index is 1.38. The normalized spacial score (nSPS) is 25.7. The van der Waals surface area contributed by atoms with E-state index in [-0.39, 0.29) is 30.6 Å². The predicted octanol–water partition coefficient (Wildman–Crippen LogP) is 1.03. The lowest BCUT2D eigenvalue weighted by atomic mass is 10.1. The molecule has 2 saturated heterocycles. The molecule has 3 amide bonds. The minimum absolute atomic E-state index is 0.00858. The van der Waals surface area contributed by atoms with E-state index in [4.69, 9.17) is 9.47 Å². The summed E-state index contributed by atoms with van der Waals surface area (Å²) in [7, 11) is 1.71. The summed E-state index contributed by atoms with van der Waals surface area (Å²) < 4.78 is 11.0. The van der Waals surface area contributed by atoms with E-state index in [1.807, 2.05) is 0 Å². The maximum atomic E-state index is 12.4. The molecule has 0 unspecified atom stereocenters. The summed E-state index contributed by atoms with van der Waals surface area (Å²) in [4.78, 5) is 28.0. The molecule has 140 valence electrons. The second-order valence-electron chi connectivity index (χ2n) is 6.98. The lowest BCUT2D eigenvalue weighted by molar-refractivity contribution is -0.120. The van der Waals surface area contributed by atoms with Crippen molar-refractivity contribution >= 4 is 23.3 Å². The van der Waals surface area contributed by atoms with Gasteiger partial charge >= 0.3 is 6.03 Å². The second-order valence-corrected chi connectivity index (χ2v) is 6.98. The molecule has 2 atom stereocenters. The van der Waals surface area contributed by atoms with Gasteiger partial charge in [0.15, 0.2) is 6.61 Å². The number of benzene rings is 1. The van der Waals surface area contributed by atoms with Crippen molar-refractivity contribution in [1.29, 1.82) is 0 Å². The summed E-state index contributed by atoms with van der Waals surface area (Å²) in [6.45, 7) is 3.35. The third-order valence-corrected chi connectivity index (χ3v) is 5.28. The molecule has 0 saturated carbocycles. The molecule has 1 aromatic rings. The van der Waals surface area contributed by atoms with Crippen LogP contribution in [0, 0.1) is 0 Å². The van der Waals surface area contributed by atoms with E-state index in [0.717, 1.165) is 13.1 Å². The lowest BCUT2D eigenvalue weighted by Crippen LogP contribution is -2.51. The number of ether oxygens (including phenoxy) is 2. The first kappa shape index (κ1) is 17.1. The zero-order valence-electron chi connectivity index (χ0n) is 14.9. The van der Waals surface area contributed by atoms with Gasteiger partial charge in [0.05, 0.1) is 31.0 Å². The molecule has 2 fully saturated rings.